The summed E-state index contributed by atoms with van der Waals surface area (Å²) in [6.45, 7) is 7.93. The van der Waals surface area contributed by atoms with Crippen LogP contribution < -0.4 is 10.1 Å². The summed E-state index contributed by atoms with van der Waals surface area (Å²) in [5.74, 6) is 1.57. The minimum Gasteiger partial charge on any atom is -0.491 e. The molecule has 184 valence electrons. The van der Waals surface area contributed by atoms with Crippen LogP contribution in [0.3, 0.4) is 0 Å². The molecule has 2 amide bonds. The number of likely N-dealkylation sites (tertiary alicyclic amines) is 1. The Morgan fingerprint density at radius 2 is 2.00 bits per heavy atom. The SMILES string of the molecule is Cc1ncsc1C(=O)N1CCC2(CCCCc3ccccc3OC[C@H](CC(C)C)NC2=O)CC1. The van der Waals surface area contributed by atoms with Gasteiger partial charge in [-0.1, -0.05) is 38.5 Å². The molecule has 2 aliphatic heterocycles. The number of hydrogen-bond donors (Lipinski definition) is 1. The molecule has 1 aromatic carbocycles. The lowest BCUT2D eigenvalue weighted by Crippen LogP contribution is -2.53. The van der Waals surface area contributed by atoms with Crippen LogP contribution in [-0.2, 0) is 11.2 Å². The number of piperidine rings is 1. The largest absolute Gasteiger partial charge is 0.491 e. The molecule has 2 aromatic rings. The van der Waals surface area contributed by atoms with E-state index < -0.39 is 5.41 Å². The van der Waals surface area contributed by atoms with Gasteiger partial charge in [0.15, 0.2) is 0 Å². The van der Waals surface area contributed by atoms with Crippen molar-refractivity contribution in [3.8, 4) is 5.75 Å². The predicted molar refractivity (Wildman–Crippen MR) is 135 cm³/mol. The number of para-hydroxylation sites is 1. The molecule has 1 spiro atoms. The van der Waals surface area contributed by atoms with Crippen molar-refractivity contribution in [2.24, 2.45) is 11.3 Å². The van der Waals surface area contributed by atoms with Crippen LogP contribution in [0.4, 0.5) is 0 Å². The van der Waals surface area contributed by atoms with Gasteiger partial charge in [-0.2, -0.15) is 0 Å². The van der Waals surface area contributed by atoms with E-state index in [0.717, 1.165) is 43.5 Å². The molecular weight excluding hydrogens is 446 g/mol. The van der Waals surface area contributed by atoms with Gasteiger partial charge in [0.2, 0.25) is 5.91 Å². The summed E-state index contributed by atoms with van der Waals surface area (Å²) in [6, 6.07) is 8.24. The number of ether oxygens (including phenoxy) is 1. The summed E-state index contributed by atoms with van der Waals surface area (Å²) in [5.41, 5.74) is 3.33. The number of nitrogens with one attached hydrogen (secondary N) is 1. The fourth-order valence-electron chi connectivity index (χ4n) is 5.28. The summed E-state index contributed by atoms with van der Waals surface area (Å²) in [6.07, 6.45) is 6.10. The van der Waals surface area contributed by atoms with Gasteiger partial charge in [-0.15, -0.1) is 11.3 Å². The highest BCUT2D eigenvalue weighted by Gasteiger charge is 2.43. The Morgan fingerprint density at radius 1 is 1.24 bits per heavy atom. The highest BCUT2D eigenvalue weighted by Crippen LogP contribution is 2.38. The van der Waals surface area contributed by atoms with Crippen LogP contribution in [-0.4, -0.2) is 47.4 Å². The van der Waals surface area contributed by atoms with Crippen molar-refractivity contribution in [1.29, 1.82) is 0 Å². The minimum absolute atomic E-state index is 0.0311. The normalized spacial score (nSPS) is 21.2. The van der Waals surface area contributed by atoms with Gasteiger partial charge in [0, 0.05) is 13.1 Å². The number of aromatic nitrogens is 1. The molecule has 1 atom stereocenters. The maximum absolute atomic E-state index is 13.7. The Hall–Kier alpha value is -2.41. The number of fused-ring (bicyclic) bond motifs is 1. The van der Waals surface area contributed by atoms with Gasteiger partial charge in [-0.3, -0.25) is 9.59 Å². The molecule has 34 heavy (non-hydrogen) atoms. The van der Waals surface area contributed by atoms with Crippen molar-refractivity contribution in [3.05, 3.63) is 45.9 Å². The lowest BCUT2D eigenvalue weighted by molar-refractivity contribution is -0.135. The Balaban J connectivity index is 1.50. The van der Waals surface area contributed by atoms with E-state index in [0.29, 0.717) is 43.3 Å². The van der Waals surface area contributed by atoms with E-state index in [2.05, 4.69) is 36.3 Å². The Labute approximate surface area is 207 Å². The third-order valence-electron chi connectivity index (χ3n) is 7.28. The van der Waals surface area contributed by atoms with Crippen molar-refractivity contribution in [3.63, 3.8) is 0 Å². The molecule has 0 aliphatic carbocycles. The molecular formula is C27H37N3O3S. The van der Waals surface area contributed by atoms with Crippen LogP contribution in [0.15, 0.2) is 29.8 Å². The highest BCUT2D eigenvalue weighted by atomic mass is 32.1. The average Bonchev–Trinajstić information content (AvgIpc) is 3.25. The molecule has 0 unspecified atom stereocenters. The molecule has 0 radical (unpaired) electrons. The Bertz CT molecular complexity index is 995. The van der Waals surface area contributed by atoms with Crippen molar-refractivity contribution in [1.82, 2.24) is 15.2 Å². The summed E-state index contributed by atoms with van der Waals surface area (Å²) in [4.78, 5) is 33.6. The van der Waals surface area contributed by atoms with Crippen LogP contribution in [0.1, 0.15) is 73.3 Å². The average molecular weight is 484 g/mol. The number of nitrogens with zero attached hydrogens (tertiary/aromatic N) is 2. The Kier molecular flexibility index (Phi) is 7.91. The van der Waals surface area contributed by atoms with Crippen LogP contribution in [0.5, 0.6) is 5.75 Å². The number of amides is 2. The molecule has 1 N–H and O–H groups in total. The molecule has 1 saturated heterocycles. The molecule has 1 aromatic heterocycles. The summed E-state index contributed by atoms with van der Waals surface area (Å²) in [5, 5.41) is 3.36. The molecule has 3 heterocycles. The molecule has 0 saturated carbocycles. The third kappa shape index (κ3) is 5.62. The van der Waals surface area contributed by atoms with E-state index in [1.165, 1.54) is 16.9 Å². The molecule has 1 fully saturated rings. The number of carbonyl (C=O) groups excluding carboxylic acids is 2. The van der Waals surface area contributed by atoms with E-state index in [1.54, 1.807) is 5.51 Å². The monoisotopic (exact) mass is 483 g/mol. The summed E-state index contributed by atoms with van der Waals surface area (Å²) >= 11 is 1.40. The maximum Gasteiger partial charge on any atom is 0.265 e. The zero-order valence-corrected chi connectivity index (χ0v) is 21.5. The highest BCUT2D eigenvalue weighted by molar-refractivity contribution is 7.11. The fourth-order valence-corrected chi connectivity index (χ4v) is 6.05. The molecule has 6 nitrogen and oxygen atoms in total. The standard InChI is InChI=1S/C27H37N3O3S/c1-19(2)16-22-17-33-23-10-5-4-8-21(23)9-6-7-11-27(26(32)29-22)12-14-30(15-13-27)25(31)24-20(3)28-18-34-24/h4-5,8,10,18-19,22H,6-7,9,11-17H2,1-3H3,(H,29,32)/t22-/m0/s1. The van der Waals surface area contributed by atoms with E-state index in [-0.39, 0.29) is 17.9 Å². The number of aryl methyl sites for hydroxylation is 2. The van der Waals surface area contributed by atoms with Crippen LogP contribution >= 0.6 is 11.3 Å². The van der Waals surface area contributed by atoms with E-state index in [9.17, 15) is 9.59 Å². The number of benzene rings is 1. The predicted octanol–water partition coefficient (Wildman–Crippen LogP) is 5.01. The lowest BCUT2D eigenvalue weighted by atomic mass is 9.73. The van der Waals surface area contributed by atoms with Crippen molar-refractivity contribution < 1.29 is 14.3 Å². The smallest absolute Gasteiger partial charge is 0.265 e. The van der Waals surface area contributed by atoms with Crippen LogP contribution in [0, 0.1) is 18.3 Å². The molecule has 0 bridgehead atoms. The van der Waals surface area contributed by atoms with E-state index in [1.807, 2.05) is 24.0 Å². The number of hydrogen-bond acceptors (Lipinski definition) is 5. The molecule has 7 heteroatoms. The quantitative estimate of drug-likeness (QED) is 0.666. The number of rotatable bonds is 3. The minimum atomic E-state index is -0.423. The van der Waals surface area contributed by atoms with Gasteiger partial charge in [-0.05, 0) is 63.0 Å². The molecule has 2 aliphatic rings. The lowest BCUT2D eigenvalue weighted by Gasteiger charge is -2.41. The maximum atomic E-state index is 13.7. The third-order valence-corrected chi connectivity index (χ3v) is 8.20. The van der Waals surface area contributed by atoms with Gasteiger partial charge in [0.1, 0.15) is 17.2 Å². The Morgan fingerprint density at radius 3 is 2.71 bits per heavy atom. The first kappa shape index (κ1) is 24.7. The second-order valence-electron chi connectivity index (χ2n) is 10.3. The second kappa shape index (κ2) is 10.9. The van der Waals surface area contributed by atoms with Crippen molar-refractivity contribution in [2.75, 3.05) is 19.7 Å². The second-order valence-corrected chi connectivity index (χ2v) is 11.1. The van der Waals surface area contributed by atoms with Crippen molar-refractivity contribution in [2.45, 2.75) is 71.8 Å². The summed E-state index contributed by atoms with van der Waals surface area (Å²) < 4.78 is 6.23. The van der Waals surface area contributed by atoms with Gasteiger partial charge >= 0.3 is 0 Å². The zero-order chi connectivity index (χ0) is 24.1. The van der Waals surface area contributed by atoms with Crippen LogP contribution in [0.25, 0.3) is 0 Å². The van der Waals surface area contributed by atoms with Gasteiger partial charge in [0.05, 0.1) is 22.7 Å². The number of thiazole rings is 1. The van der Waals surface area contributed by atoms with Gasteiger partial charge in [-0.25, -0.2) is 4.98 Å². The van der Waals surface area contributed by atoms with Gasteiger partial charge < -0.3 is 15.0 Å². The zero-order valence-electron chi connectivity index (χ0n) is 20.6. The van der Waals surface area contributed by atoms with Gasteiger partial charge in [0.25, 0.3) is 5.91 Å². The van der Waals surface area contributed by atoms with Crippen molar-refractivity contribution >= 4 is 23.2 Å². The van der Waals surface area contributed by atoms with Crippen LogP contribution in [0.2, 0.25) is 0 Å². The first-order valence-corrected chi connectivity index (χ1v) is 13.5. The molecule has 4 rings (SSSR count). The first-order chi connectivity index (χ1) is 16.4. The van der Waals surface area contributed by atoms with E-state index in [4.69, 9.17) is 4.74 Å². The number of carbonyl (C=O) groups is 2. The fraction of sp³-hybridized carbons (Fsp3) is 0.593. The van der Waals surface area contributed by atoms with E-state index >= 15 is 0 Å². The topological polar surface area (TPSA) is 71.5 Å². The first-order valence-electron chi connectivity index (χ1n) is 12.6. The summed E-state index contributed by atoms with van der Waals surface area (Å²) in [7, 11) is 0.